The second kappa shape index (κ2) is 7.92. The fraction of sp³-hybridized carbons (Fsp3) is 0.190. The van der Waals surface area contributed by atoms with Crippen LogP contribution in [0.25, 0.3) is 0 Å². The molecule has 2 aromatic carbocycles. The molecule has 2 heterocycles. The number of thiocarbonyl (C=S) groups is 1. The summed E-state index contributed by atoms with van der Waals surface area (Å²) < 4.78 is 7.39. The first-order valence-electron chi connectivity index (χ1n) is 9.18. The summed E-state index contributed by atoms with van der Waals surface area (Å²) in [6, 6.07) is 18.2. The maximum Gasteiger partial charge on any atom is 0.269 e. The summed E-state index contributed by atoms with van der Waals surface area (Å²) in [7, 11) is 1.63. The molecule has 1 N–H and O–H groups in total. The number of benzene rings is 2. The molecule has 0 spiro atoms. The summed E-state index contributed by atoms with van der Waals surface area (Å²) in [4.78, 5) is 12.8. The molecule has 0 saturated heterocycles. The smallest absolute Gasteiger partial charge is 0.269 e. The molecular weight excluding hydrogens is 388 g/mol. The Morgan fingerprint density at radius 2 is 1.86 bits per heavy atom. The average Bonchev–Trinajstić information content (AvgIpc) is 3.22. The summed E-state index contributed by atoms with van der Waals surface area (Å²) in [6.45, 7) is 1.54. The van der Waals surface area contributed by atoms with Gasteiger partial charge in [0.1, 0.15) is 5.75 Å². The van der Waals surface area contributed by atoms with E-state index < -0.39 is 0 Å². The Morgan fingerprint density at radius 1 is 1.14 bits per heavy atom. The molecular formula is C21H20N4O3S. The Hall–Kier alpha value is -3.39. The van der Waals surface area contributed by atoms with Crippen LogP contribution in [0.1, 0.15) is 17.3 Å². The second-order valence-corrected chi connectivity index (χ2v) is 7.12. The van der Waals surface area contributed by atoms with Gasteiger partial charge in [0.2, 0.25) is 0 Å². The molecule has 7 nitrogen and oxygen atoms in total. The number of aromatic nitrogens is 1. The van der Waals surface area contributed by atoms with Gasteiger partial charge in [-0.1, -0.05) is 0 Å². The van der Waals surface area contributed by atoms with Crippen molar-refractivity contribution in [3.05, 3.63) is 88.2 Å². The molecule has 4 rings (SSSR count). The maximum atomic E-state index is 11.0. The van der Waals surface area contributed by atoms with E-state index in [4.69, 9.17) is 17.0 Å². The van der Waals surface area contributed by atoms with Gasteiger partial charge in [0.05, 0.1) is 18.1 Å². The number of nitrogens with zero attached hydrogens (tertiary/aromatic N) is 3. The molecule has 148 valence electrons. The molecule has 0 aliphatic carbocycles. The number of anilines is 1. The lowest BCUT2D eigenvalue weighted by molar-refractivity contribution is -0.384. The molecule has 29 heavy (non-hydrogen) atoms. The van der Waals surface area contributed by atoms with E-state index in [2.05, 4.69) is 20.9 Å². The third-order valence-corrected chi connectivity index (χ3v) is 5.40. The van der Waals surface area contributed by atoms with E-state index in [1.807, 2.05) is 36.5 Å². The molecule has 0 bridgehead atoms. The minimum absolute atomic E-state index is 0.0745. The van der Waals surface area contributed by atoms with Gasteiger partial charge in [-0.05, 0) is 66.3 Å². The van der Waals surface area contributed by atoms with Crippen LogP contribution in [0.4, 0.5) is 11.4 Å². The topological polar surface area (TPSA) is 72.6 Å². The van der Waals surface area contributed by atoms with Crippen molar-refractivity contribution < 1.29 is 9.66 Å². The second-order valence-electron chi connectivity index (χ2n) is 6.73. The van der Waals surface area contributed by atoms with Crippen LogP contribution in [0.5, 0.6) is 5.75 Å². The Balaban J connectivity index is 1.63. The van der Waals surface area contributed by atoms with E-state index in [-0.39, 0.29) is 16.7 Å². The average molecular weight is 408 g/mol. The zero-order valence-corrected chi connectivity index (χ0v) is 16.6. The van der Waals surface area contributed by atoms with Crippen molar-refractivity contribution in [3.8, 4) is 5.75 Å². The fourth-order valence-corrected chi connectivity index (χ4v) is 3.92. The summed E-state index contributed by atoms with van der Waals surface area (Å²) in [5.41, 5.74) is 3.00. The summed E-state index contributed by atoms with van der Waals surface area (Å²) >= 11 is 5.73. The summed E-state index contributed by atoms with van der Waals surface area (Å²) in [6.07, 6.45) is 2.05. The Labute approximate surface area is 173 Å². The molecule has 0 fully saturated rings. The van der Waals surface area contributed by atoms with Crippen LogP contribution in [-0.2, 0) is 6.54 Å². The number of non-ortho nitro benzene ring substituents is 1. The largest absolute Gasteiger partial charge is 0.497 e. The number of ether oxygens (including phenoxy) is 1. The van der Waals surface area contributed by atoms with Crippen molar-refractivity contribution in [2.75, 3.05) is 19.0 Å². The minimum atomic E-state index is -0.388. The zero-order chi connectivity index (χ0) is 20.4. The third-order valence-electron chi connectivity index (χ3n) is 5.06. The first kappa shape index (κ1) is 18.9. The lowest BCUT2D eigenvalue weighted by atomic mass is 10.00. The summed E-state index contributed by atoms with van der Waals surface area (Å²) in [5, 5.41) is 14.9. The lowest BCUT2D eigenvalue weighted by Gasteiger charge is -2.39. The molecule has 8 heteroatoms. The van der Waals surface area contributed by atoms with E-state index >= 15 is 0 Å². The monoisotopic (exact) mass is 408 g/mol. The van der Waals surface area contributed by atoms with Crippen LogP contribution in [0.2, 0.25) is 0 Å². The van der Waals surface area contributed by atoms with Gasteiger partial charge in [0.15, 0.2) is 5.11 Å². The molecule has 0 amide bonds. The SMILES string of the molecule is COc1ccc(NC(=S)N2CCn3cccc3[C@@H]2c2ccc([N+](=O)[O-])cc2)cc1. The molecule has 1 aliphatic heterocycles. The molecule has 1 aliphatic rings. The number of nitro groups is 1. The van der Waals surface area contributed by atoms with Crippen molar-refractivity contribution in [1.29, 1.82) is 0 Å². The maximum absolute atomic E-state index is 11.0. The van der Waals surface area contributed by atoms with Crippen molar-refractivity contribution >= 4 is 28.7 Å². The Bertz CT molecular complexity index is 1030. The van der Waals surface area contributed by atoms with Crippen LogP contribution < -0.4 is 10.1 Å². The number of fused-ring (bicyclic) bond motifs is 1. The molecule has 1 aromatic heterocycles. The molecule has 0 saturated carbocycles. The highest BCUT2D eigenvalue weighted by atomic mass is 32.1. The Kier molecular flexibility index (Phi) is 5.18. The van der Waals surface area contributed by atoms with E-state index in [0.29, 0.717) is 5.11 Å². The van der Waals surface area contributed by atoms with E-state index in [9.17, 15) is 10.1 Å². The van der Waals surface area contributed by atoms with Crippen molar-refractivity contribution in [2.24, 2.45) is 0 Å². The lowest BCUT2D eigenvalue weighted by Crippen LogP contribution is -2.44. The van der Waals surface area contributed by atoms with Crippen LogP contribution in [0.3, 0.4) is 0 Å². The van der Waals surface area contributed by atoms with Crippen LogP contribution in [0, 0.1) is 10.1 Å². The fourth-order valence-electron chi connectivity index (χ4n) is 3.60. The number of methoxy groups -OCH3 is 1. The highest BCUT2D eigenvalue weighted by molar-refractivity contribution is 7.80. The summed E-state index contributed by atoms with van der Waals surface area (Å²) in [5.74, 6) is 0.779. The molecule has 3 aromatic rings. The highest BCUT2D eigenvalue weighted by Gasteiger charge is 2.30. The van der Waals surface area contributed by atoms with Gasteiger partial charge in [0, 0.05) is 42.8 Å². The van der Waals surface area contributed by atoms with Gasteiger partial charge in [0.25, 0.3) is 5.69 Å². The highest BCUT2D eigenvalue weighted by Crippen LogP contribution is 2.33. The van der Waals surface area contributed by atoms with Gasteiger partial charge in [-0.25, -0.2) is 0 Å². The molecule has 0 radical (unpaired) electrons. The number of hydrogen-bond donors (Lipinski definition) is 1. The number of nitro benzene ring substituents is 1. The van der Waals surface area contributed by atoms with Gasteiger partial charge in [-0.15, -0.1) is 0 Å². The van der Waals surface area contributed by atoms with Crippen molar-refractivity contribution in [1.82, 2.24) is 9.47 Å². The Morgan fingerprint density at radius 3 is 2.52 bits per heavy atom. The van der Waals surface area contributed by atoms with E-state index in [0.717, 1.165) is 35.8 Å². The predicted molar refractivity (Wildman–Crippen MR) is 115 cm³/mol. The first-order valence-corrected chi connectivity index (χ1v) is 9.58. The van der Waals surface area contributed by atoms with E-state index in [1.54, 1.807) is 19.2 Å². The van der Waals surface area contributed by atoms with Gasteiger partial charge >= 0.3 is 0 Å². The van der Waals surface area contributed by atoms with Crippen molar-refractivity contribution in [3.63, 3.8) is 0 Å². The molecule has 0 unspecified atom stereocenters. The third kappa shape index (κ3) is 3.79. The van der Waals surface area contributed by atoms with Crippen LogP contribution in [-0.4, -0.2) is 33.2 Å². The van der Waals surface area contributed by atoms with Gasteiger partial charge in [-0.2, -0.15) is 0 Å². The predicted octanol–water partition coefficient (Wildman–Crippen LogP) is 4.21. The number of nitrogens with one attached hydrogen (secondary N) is 1. The minimum Gasteiger partial charge on any atom is -0.497 e. The van der Waals surface area contributed by atoms with Gasteiger partial charge in [-0.3, -0.25) is 10.1 Å². The molecule has 1 atom stereocenters. The number of hydrogen-bond acceptors (Lipinski definition) is 4. The van der Waals surface area contributed by atoms with E-state index in [1.165, 1.54) is 12.1 Å². The normalized spacial score (nSPS) is 15.5. The van der Waals surface area contributed by atoms with Crippen LogP contribution in [0.15, 0.2) is 66.9 Å². The quantitative estimate of drug-likeness (QED) is 0.396. The first-order chi connectivity index (χ1) is 14.1. The standard InChI is InChI=1S/C21H20N4O3S/c1-28-18-10-6-16(7-11-18)22-21(29)24-14-13-23-12-2-3-19(23)20(24)15-4-8-17(9-5-15)25(26)27/h2-12,20H,13-14H2,1H3,(H,22,29)/t20-/m0/s1. The zero-order valence-electron chi connectivity index (χ0n) is 15.8. The van der Waals surface area contributed by atoms with Crippen molar-refractivity contribution in [2.45, 2.75) is 12.6 Å². The van der Waals surface area contributed by atoms with Gasteiger partial charge < -0.3 is 19.5 Å². The number of rotatable bonds is 4. The van der Waals surface area contributed by atoms with Crippen LogP contribution >= 0.6 is 12.2 Å².